The van der Waals surface area contributed by atoms with Crippen LogP contribution < -0.4 is 5.32 Å². The van der Waals surface area contributed by atoms with Crippen LogP contribution in [0.5, 0.6) is 0 Å². The molecule has 1 aliphatic heterocycles. The predicted molar refractivity (Wildman–Crippen MR) is 121 cm³/mol. The first-order valence-corrected chi connectivity index (χ1v) is 11.6. The van der Waals surface area contributed by atoms with Crippen molar-refractivity contribution in [2.45, 2.75) is 64.6 Å². The van der Waals surface area contributed by atoms with Gasteiger partial charge >= 0.3 is 5.97 Å². The summed E-state index contributed by atoms with van der Waals surface area (Å²) in [6.07, 6.45) is 1.55. The molecular formula is C23H32N2O5S. The summed E-state index contributed by atoms with van der Waals surface area (Å²) in [7, 11) is 0. The van der Waals surface area contributed by atoms with Crippen LogP contribution in [0.4, 0.5) is 0 Å². The normalized spacial score (nSPS) is 18.2. The van der Waals surface area contributed by atoms with Crippen LogP contribution in [0.3, 0.4) is 0 Å². The van der Waals surface area contributed by atoms with Gasteiger partial charge in [-0.15, -0.1) is 0 Å². The van der Waals surface area contributed by atoms with E-state index in [1.165, 1.54) is 0 Å². The summed E-state index contributed by atoms with van der Waals surface area (Å²) in [5.41, 5.74) is 0.933. The summed E-state index contributed by atoms with van der Waals surface area (Å²) in [4.78, 5) is 50.8. The minimum Gasteiger partial charge on any atom is -0.458 e. The minimum absolute atomic E-state index is 0.149. The lowest BCUT2D eigenvalue weighted by molar-refractivity contribution is -0.159. The van der Waals surface area contributed by atoms with Gasteiger partial charge in [0.25, 0.3) is 0 Å². The van der Waals surface area contributed by atoms with Gasteiger partial charge < -0.3 is 15.0 Å². The first-order valence-electron chi connectivity index (χ1n) is 10.5. The van der Waals surface area contributed by atoms with Crippen molar-refractivity contribution in [3.63, 3.8) is 0 Å². The molecule has 1 saturated heterocycles. The van der Waals surface area contributed by atoms with E-state index in [9.17, 15) is 19.2 Å². The summed E-state index contributed by atoms with van der Waals surface area (Å²) in [6, 6.07) is 7.93. The number of carbonyl (C=O) groups excluding carboxylic acids is 4. The molecule has 0 aromatic heterocycles. The van der Waals surface area contributed by atoms with Gasteiger partial charge in [-0.05, 0) is 39.2 Å². The van der Waals surface area contributed by atoms with Crippen molar-refractivity contribution in [1.82, 2.24) is 10.2 Å². The Morgan fingerprint density at radius 1 is 1.26 bits per heavy atom. The van der Waals surface area contributed by atoms with Gasteiger partial charge in [0.15, 0.2) is 5.62 Å². The van der Waals surface area contributed by atoms with E-state index in [4.69, 9.17) is 4.74 Å². The standard InChI is InChI=1S/C23H32N2O5S/c1-16(14-31-15-26)21(28)25-12-8-11-19(25)20(27)24-18(22(29)30-23(2,3)4)13-17-9-6-5-7-10-17/h5-7,9-10,15-16,18-19H,8,11-14H2,1-4H3,(H,24,27)/t16-,18?,19+/m1/s1. The number of likely N-dealkylation sites (tertiary alicyclic amines) is 1. The maximum Gasteiger partial charge on any atom is 0.329 e. The molecule has 1 N–H and O–H groups in total. The van der Waals surface area contributed by atoms with Crippen molar-refractivity contribution in [2.75, 3.05) is 12.3 Å². The van der Waals surface area contributed by atoms with Crippen LogP contribution in [-0.2, 0) is 30.3 Å². The molecule has 8 heteroatoms. The Balaban J connectivity index is 2.12. The number of hydrogen-bond donors (Lipinski definition) is 1. The Hall–Kier alpha value is -2.35. The number of amides is 2. The lowest BCUT2D eigenvalue weighted by atomic mass is 10.0. The van der Waals surface area contributed by atoms with Crippen LogP contribution in [-0.4, -0.2) is 58.3 Å². The third-order valence-electron chi connectivity index (χ3n) is 4.96. The molecule has 7 nitrogen and oxygen atoms in total. The molecule has 2 amide bonds. The number of rotatable bonds is 9. The van der Waals surface area contributed by atoms with Gasteiger partial charge in [0.2, 0.25) is 11.8 Å². The number of esters is 1. The van der Waals surface area contributed by atoms with E-state index in [2.05, 4.69) is 5.32 Å². The highest BCUT2D eigenvalue weighted by Crippen LogP contribution is 2.22. The highest BCUT2D eigenvalue weighted by Gasteiger charge is 2.38. The zero-order valence-corrected chi connectivity index (χ0v) is 19.4. The van der Waals surface area contributed by atoms with Gasteiger partial charge in [-0.2, -0.15) is 0 Å². The number of carbonyl (C=O) groups is 4. The lowest BCUT2D eigenvalue weighted by Crippen LogP contribution is -2.53. The summed E-state index contributed by atoms with van der Waals surface area (Å²) >= 11 is 1.04. The Kier molecular flexibility index (Phi) is 9.10. The van der Waals surface area contributed by atoms with Crippen molar-refractivity contribution in [3.8, 4) is 0 Å². The topological polar surface area (TPSA) is 92.8 Å². The average molecular weight is 449 g/mol. The smallest absolute Gasteiger partial charge is 0.329 e. The SMILES string of the molecule is C[C@H](CSC=O)C(=O)N1CCC[C@H]1C(=O)NC(Cc1ccccc1)C(=O)OC(C)(C)C. The second kappa shape index (κ2) is 11.3. The third kappa shape index (κ3) is 7.69. The van der Waals surface area contributed by atoms with E-state index in [1.54, 1.807) is 32.6 Å². The molecule has 0 aliphatic carbocycles. The summed E-state index contributed by atoms with van der Waals surface area (Å²) in [5, 5.41) is 2.83. The second-order valence-corrected chi connectivity index (χ2v) is 9.66. The van der Waals surface area contributed by atoms with Crippen molar-refractivity contribution < 1.29 is 23.9 Å². The second-order valence-electron chi connectivity index (χ2n) is 8.80. The zero-order chi connectivity index (χ0) is 23.0. The van der Waals surface area contributed by atoms with E-state index in [1.807, 2.05) is 30.3 Å². The number of nitrogens with one attached hydrogen (secondary N) is 1. The molecule has 0 bridgehead atoms. The van der Waals surface area contributed by atoms with Crippen LogP contribution in [0.1, 0.15) is 46.1 Å². The molecular weight excluding hydrogens is 416 g/mol. The minimum atomic E-state index is -0.852. The fourth-order valence-electron chi connectivity index (χ4n) is 3.52. The largest absolute Gasteiger partial charge is 0.458 e. The fraction of sp³-hybridized carbons (Fsp3) is 0.565. The molecule has 1 aromatic rings. The molecule has 31 heavy (non-hydrogen) atoms. The van der Waals surface area contributed by atoms with Crippen LogP contribution in [0.15, 0.2) is 30.3 Å². The highest BCUT2D eigenvalue weighted by atomic mass is 32.2. The summed E-state index contributed by atoms with van der Waals surface area (Å²) in [5.74, 6) is -0.996. The molecule has 3 atom stereocenters. The number of nitrogens with zero attached hydrogens (tertiary/aromatic N) is 1. The van der Waals surface area contributed by atoms with Gasteiger partial charge in [-0.3, -0.25) is 14.4 Å². The summed E-state index contributed by atoms with van der Waals surface area (Å²) < 4.78 is 5.52. The molecule has 1 heterocycles. The predicted octanol–water partition coefficient (Wildman–Crippen LogP) is 2.61. The Morgan fingerprint density at radius 3 is 2.55 bits per heavy atom. The van der Waals surface area contributed by atoms with Gasteiger partial charge in [-0.1, -0.05) is 49.0 Å². The lowest BCUT2D eigenvalue weighted by Gasteiger charge is -2.29. The zero-order valence-electron chi connectivity index (χ0n) is 18.6. The molecule has 0 radical (unpaired) electrons. The van der Waals surface area contributed by atoms with E-state index in [-0.39, 0.29) is 17.7 Å². The van der Waals surface area contributed by atoms with Crippen molar-refractivity contribution in [2.24, 2.45) is 5.92 Å². The van der Waals surface area contributed by atoms with Gasteiger partial charge in [0.1, 0.15) is 17.7 Å². The van der Waals surface area contributed by atoms with E-state index >= 15 is 0 Å². The first-order chi connectivity index (χ1) is 14.6. The number of thioether (sulfide) groups is 1. The Morgan fingerprint density at radius 2 is 1.94 bits per heavy atom. The maximum absolute atomic E-state index is 13.1. The first kappa shape index (κ1) is 24.9. The van der Waals surface area contributed by atoms with Crippen LogP contribution >= 0.6 is 11.8 Å². The van der Waals surface area contributed by atoms with Crippen molar-refractivity contribution in [1.29, 1.82) is 0 Å². The molecule has 1 aliphatic rings. The molecule has 0 spiro atoms. The van der Waals surface area contributed by atoms with Crippen LogP contribution in [0, 0.1) is 5.92 Å². The van der Waals surface area contributed by atoms with E-state index in [0.717, 1.165) is 17.3 Å². The van der Waals surface area contributed by atoms with Gasteiger partial charge in [0.05, 0.1) is 0 Å². The monoisotopic (exact) mass is 448 g/mol. The molecule has 1 aromatic carbocycles. The Labute approximate surface area is 188 Å². The van der Waals surface area contributed by atoms with Crippen LogP contribution in [0.2, 0.25) is 0 Å². The summed E-state index contributed by atoms with van der Waals surface area (Å²) in [6.45, 7) is 7.58. The van der Waals surface area contributed by atoms with Crippen molar-refractivity contribution >= 4 is 35.2 Å². The molecule has 2 rings (SSSR count). The quantitative estimate of drug-likeness (QED) is 0.461. The number of hydrogen-bond acceptors (Lipinski definition) is 6. The Bertz CT molecular complexity index is 778. The van der Waals surface area contributed by atoms with Crippen molar-refractivity contribution in [3.05, 3.63) is 35.9 Å². The number of benzene rings is 1. The third-order valence-corrected chi connectivity index (χ3v) is 5.79. The van der Waals surface area contributed by atoms with Gasteiger partial charge in [0, 0.05) is 24.6 Å². The number of ether oxygens (including phenoxy) is 1. The molecule has 170 valence electrons. The van der Waals surface area contributed by atoms with E-state index in [0.29, 0.717) is 37.2 Å². The molecule has 0 saturated carbocycles. The van der Waals surface area contributed by atoms with Crippen LogP contribution in [0.25, 0.3) is 0 Å². The highest BCUT2D eigenvalue weighted by molar-refractivity contribution is 8.11. The maximum atomic E-state index is 13.1. The molecule has 1 fully saturated rings. The molecule has 1 unspecified atom stereocenters. The average Bonchev–Trinajstić information content (AvgIpc) is 3.20. The van der Waals surface area contributed by atoms with E-state index < -0.39 is 23.7 Å². The van der Waals surface area contributed by atoms with Gasteiger partial charge in [-0.25, -0.2) is 4.79 Å². The fourth-order valence-corrected chi connectivity index (χ4v) is 4.03.